The van der Waals surface area contributed by atoms with E-state index in [-0.39, 0.29) is 23.6 Å². The fourth-order valence-corrected chi connectivity index (χ4v) is 7.27. The zero-order valence-electron chi connectivity index (χ0n) is 15.6. The van der Waals surface area contributed by atoms with Gasteiger partial charge in [0.2, 0.25) is 17.7 Å². The maximum atomic E-state index is 13.6. The summed E-state index contributed by atoms with van der Waals surface area (Å²) in [5.41, 5.74) is -1.14. The molecule has 4 saturated heterocycles. The molecule has 1 saturated carbocycles. The van der Waals surface area contributed by atoms with Gasteiger partial charge < -0.3 is 15.5 Å². The van der Waals surface area contributed by atoms with Gasteiger partial charge in [0.1, 0.15) is 11.1 Å². The van der Waals surface area contributed by atoms with Crippen LogP contribution < -0.4 is 10.6 Å². The summed E-state index contributed by atoms with van der Waals surface area (Å²) in [6.45, 7) is 4.88. The highest BCUT2D eigenvalue weighted by Crippen LogP contribution is 2.69. The van der Waals surface area contributed by atoms with Gasteiger partial charge in [0, 0.05) is 18.2 Å². The molecule has 3 spiro atoms. The number of para-hydroxylation sites is 1. The van der Waals surface area contributed by atoms with Crippen LogP contribution in [0.5, 0.6) is 0 Å². The molecule has 4 atom stereocenters. The largest absolute Gasteiger partial charge is 0.339 e. The van der Waals surface area contributed by atoms with E-state index in [2.05, 4.69) is 24.5 Å². The van der Waals surface area contributed by atoms with Gasteiger partial charge in [-0.2, -0.15) is 0 Å². The van der Waals surface area contributed by atoms with Crippen LogP contribution >= 0.6 is 0 Å². The van der Waals surface area contributed by atoms with Gasteiger partial charge in [-0.15, -0.1) is 0 Å². The van der Waals surface area contributed by atoms with Crippen LogP contribution in [0, 0.1) is 11.3 Å². The standard InChI is InChI=1S/C21H23N3O3/c1-18(2)14-10-19-8-5-9-24(19)17(27)21(14,23-15(19)25)11-20(18)12-6-3-4-7-13(12)22-16(20)26/h3-4,6-7,14H,5,8-11H2,1-2H3,(H,22,26)(H,23,25)/t14-,19+,20+,21+/m0/s1. The number of fused-ring (bicyclic) bond motifs is 3. The Kier molecular flexibility index (Phi) is 2.44. The fraction of sp³-hybridized carbons (Fsp3) is 0.571. The molecule has 5 heterocycles. The molecule has 5 aliphatic heterocycles. The van der Waals surface area contributed by atoms with Gasteiger partial charge in [0.05, 0.1) is 5.41 Å². The topological polar surface area (TPSA) is 78.5 Å². The van der Waals surface area contributed by atoms with Crippen molar-refractivity contribution in [3.8, 4) is 0 Å². The number of piperazine rings is 1. The van der Waals surface area contributed by atoms with Gasteiger partial charge >= 0.3 is 0 Å². The van der Waals surface area contributed by atoms with Crippen LogP contribution in [0.15, 0.2) is 24.3 Å². The molecule has 1 aromatic rings. The Hall–Kier alpha value is -2.37. The minimum absolute atomic E-state index is 0.0182. The summed E-state index contributed by atoms with van der Waals surface area (Å²) in [5, 5.41) is 6.20. The molecule has 6 heteroatoms. The second kappa shape index (κ2) is 4.21. The van der Waals surface area contributed by atoms with Crippen molar-refractivity contribution in [3.63, 3.8) is 0 Å². The number of nitrogens with zero attached hydrogens (tertiary/aromatic N) is 1. The predicted octanol–water partition coefficient (Wildman–Crippen LogP) is 1.56. The van der Waals surface area contributed by atoms with Crippen molar-refractivity contribution in [3.05, 3.63) is 29.8 Å². The molecule has 1 aliphatic carbocycles. The third kappa shape index (κ3) is 1.35. The molecule has 2 N–H and O–H groups in total. The van der Waals surface area contributed by atoms with Crippen molar-refractivity contribution < 1.29 is 14.4 Å². The van der Waals surface area contributed by atoms with E-state index in [1.54, 1.807) is 0 Å². The molecule has 7 rings (SSSR count). The monoisotopic (exact) mass is 365 g/mol. The molecule has 6 aliphatic rings. The van der Waals surface area contributed by atoms with Gasteiger partial charge in [0.15, 0.2) is 0 Å². The first-order valence-corrected chi connectivity index (χ1v) is 9.85. The molecule has 3 amide bonds. The lowest BCUT2D eigenvalue weighted by Gasteiger charge is -2.59. The van der Waals surface area contributed by atoms with Crippen molar-refractivity contribution in [2.45, 2.75) is 56.0 Å². The van der Waals surface area contributed by atoms with E-state index in [1.165, 1.54) is 0 Å². The number of amides is 3. The van der Waals surface area contributed by atoms with Gasteiger partial charge in [-0.1, -0.05) is 32.0 Å². The van der Waals surface area contributed by atoms with Gasteiger partial charge in [0.25, 0.3) is 0 Å². The molecule has 140 valence electrons. The zero-order valence-corrected chi connectivity index (χ0v) is 15.6. The molecule has 5 fully saturated rings. The van der Waals surface area contributed by atoms with Crippen LogP contribution in [0.3, 0.4) is 0 Å². The summed E-state index contributed by atoms with van der Waals surface area (Å²) >= 11 is 0. The van der Waals surface area contributed by atoms with Gasteiger partial charge in [-0.3, -0.25) is 14.4 Å². The van der Waals surface area contributed by atoms with Gasteiger partial charge in [-0.25, -0.2) is 0 Å². The van der Waals surface area contributed by atoms with Crippen LogP contribution in [-0.4, -0.2) is 40.2 Å². The van der Waals surface area contributed by atoms with E-state index in [4.69, 9.17) is 0 Å². The van der Waals surface area contributed by atoms with E-state index in [0.29, 0.717) is 19.4 Å². The minimum Gasteiger partial charge on any atom is -0.339 e. The number of rotatable bonds is 0. The van der Waals surface area contributed by atoms with Crippen LogP contribution in [-0.2, 0) is 19.8 Å². The van der Waals surface area contributed by atoms with E-state index >= 15 is 0 Å². The van der Waals surface area contributed by atoms with Crippen LogP contribution in [0.4, 0.5) is 5.69 Å². The molecular formula is C21H23N3O3. The Balaban J connectivity index is 1.61. The third-order valence-electron chi connectivity index (χ3n) is 8.55. The Morgan fingerprint density at radius 1 is 1.11 bits per heavy atom. The van der Waals surface area contributed by atoms with Crippen LogP contribution in [0.1, 0.15) is 45.1 Å². The number of piperidine rings is 2. The molecule has 0 unspecified atom stereocenters. The van der Waals surface area contributed by atoms with Crippen LogP contribution in [0.25, 0.3) is 0 Å². The SMILES string of the molecule is CC1(C)[C@@H]2C[C@@]34CCCN3C(=O)[C@]2(C[C@@]12C(=O)Nc1ccccc12)NC4=O. The Morgan fingerprint density at radius 2 is 1.89 bits per heavy atom. The highest BCUT2D eigenvalue weighted by molar-refractivity contribution is 6.11. The number of benzene rings is 1. The first-order chi connectivity index (χ1) is 12.8. The van der Waals surface area contributed by atoms with Crippen molar-refractivity contribution >= 4 is 23.4 Å². The zero-order chi connectivity index (χ0) is 18.8. The quantitative estimate of drug-likeness (QED) is 0.732. The summed E-state index contributed by atoms with van der Waals surface area (Å²) in [6, 6.07) is 7.79. The molecule has 0 radical (unpaired) electrons. The summed E-state index contributed by atoms with van der Waals surface area (Å²) < 4.78 is 0. The lowest BCUT2D eigenvalue weighted by molar-refractivity contribution is -0.175. The second-order valence-corrected chi connectivity index (χ2v) is 9.58. The molecule has 1 aromatic carbocycles. The number of carbonyl (C=O) groups is 3. The van der Waals surface area contributed by atoms with Gasteiger partial charge in [-0.05, 0) is 42.7 Å². The van der Waals surface area contributed by atoms with E-state index in [9.17, 15) is 14.4 Å². The average molecular weight is 365 g/mol. The Bertz CT molecular complexity index is 956. The highest BCUT2D eigenvalue weighted by Gasteiger charge is 2.80. The summed E-state index contributed by atoms with van der Waals surface area (Å²) in [5.74, 6) is -0.0875. The first kappa shape index (κ1) is 15.7. The lowest BCUT2D eigenvalue weighted by Crippen LogP contribution is -2.81. The van der Waals surface area contributed by atoms with Crippen molar-refractivity contribution in [1.82, 2.24) is 10.2 Å². The summed E-state index contributed by atoms with van der Waals surface area (Å²) in [4.78, 5) is 41.9. The van der Waals surface area contributed by atoms with Crippen LogP contribution in [0.2, 0.25) is 0 Å². The van der Waals surface area contributed by atoms with Crippen molar-refractivity contribution in [1.29, 1.82) is 0 Å². The summed E-state index contributed by atoms with van der Waals surface area (Å²) in [6.07, 6.45) is 2.60. The fourth-order valence-electron chi connectivity index (χ4n) is 7.27. The number of hydrogen-bond donors (Lipinski definition) is 2. The minimum atomic E-state index is -0.971. The Morgan fingerprint density at radius 3 is 2.70 bits per heavy atom. The predicted molar refractivity (Wildman–Crippen MR) is 97.8 cm³/mol. The average Bonchev–Trinajstić information content (AvgIpc) is 3.24. The summed E-state index contributed by atoms with van der Waals surface area (Å²) in [7, 11) is 0. The van der Waals surface area contributed by atoms with Crippen molar-refractivity contribution in [2.75, 3.05) is 11.9 Å². The molecule has 27 heavy (non-hydrogen) atoms. The van der Waals surface area contributed by atoms with Crippen molar-refractivity contribution in [2.24, 2.45) is 11.3 Å². The number of nitrogens with one attached hydrogen (secondary N) is 2. The molecular weight excluding hydrogens is 342 g/mol. The maximum Gasteiger partial charge on any atom is 0.249 e. The maximum absolute atomic E-state index is 13.6. The number of hydrogen-bond acceptors (Lipinski definition) is 3. The normalized spacial score (nSPS) is 42.8. The molecule has 2 bridgehead atoms. The smallest absolute Gasteiger partial charge is 0.249 e. The second-order valence-electron chi connectivity index (χ2n) is 9.58. The lowest BCUT2D eigenvalue weighted by atomic mass is 9.57. The van der Waals surface area contributed by atoms with E-state index in [1.807, 2.05) is 29.2 Å². The molecule has 6 nitrogen and oxygen atoms in total. The number of anilines is 1. The third-order valence-corrected chi connectivity index (χ3v) is 8.55. The van der Waals surface area contributed by atoms with E-state index < -0.39 is 21.9 Å². The molecule has 0 aromatic heterocycles. The number of carbonyl (C=O) groups excluding carboxylic acids is 3. The first-order valence-electron chi connectivity index (χ1n) is 9.85. The Labute approximate surface area is 157 Å². The highest BCUT2D eigenvalue weighted by atomic mass is 16.2. The van der Waals surface area contributed by atoms with E-state index in [0.717, 1.165) is 24.1 Å².